The highest BCUT2D eigenvalue weighted by Gasteiger charge is 2.17. The molecule has 7 heteroatoms. The zero-order valence-electron chi connectivity index (χ0n) is 9.97. The molecule has 17 heavy (non-hydrogen) atoms. The molecule has 0 aliphatic carbocycles. The zero-order chi connectivity index (χ0) is 12.7. The summed E-state index contributed by atoms with van der Waals surface area (Å²) in [5.74, 6) is 0.285. The Labute approximate surface area is 105 Å². The van der Waals surface area contributed by atoms with E-state index in [2.05, 4.69) is 10.4 Å². The smallest absolute Gasteiger partial charge is 0.157 e. The number of nitriles is 1. The predicted octanol–water partition coefficient (Wildman–Crippen LogP) is 0.696. The van der Waals surface area contributed by atoms with Crippen LogP contribution in [0.4, 0.5) is 10.8 Å². The van der Waals surface area contributed by atoms with Crippen molar-refractivity contribution in [3.05, 3.63) is 5.56 Å². The maximum Gasteiger partial charge on any atom is 0.157 e. The van der Waals surface area contributed by atoms with Crippen LogP contribution in [0.3, 0.4) is 0 Å². The van der Waals surface area contributed by atoms with Gasteiger partial charge in [-0.1, -0.05) is 0 Å². The predicted molar refractivity (Wildman–Crippen MR) is 67.2 cm³/mol. The van der Waals surface area contributed by atoms with Gasteiger partial charge in [-0.2, -0.15) is 9.64 Å². The van der Waals surface area contributed by atoms with Gasteiger partial charge in [-0.3, -0.25) is 0 Å². The molecule has 6 nitrogen and oxygen atoms in total. The average Bonchev–Trinajstić information content (AvgIpc) is 2.70. The summed E-state index contributed by atoms with van der Waals surface area (Å²) in [6.45, 7) is 2.51. The van der Waals surface area contributed by atoms with Crippen LogP contribution in [0.15, 0.2) is 0 Å². The van der Waals surface area contributed by atoms with Crippen molar-refractivity contribution in [3.63, 3.8) is 0 Å². The van der Waals surface area contributed by atoms with Crippen LogP contribution in [0.25, 0.3) is 0 Å². The molecule has 0 amide bonds. The molecular weight excluding hydrogens is 240 g/mol. The van der Waals surface area contributed by atoms with Gasteiger partial charge in [-0.05, 0) is 11.5 Å². The lowest BCUT2D eigenvalue weighted by molar-refractivity contribution is 0.190. The first-order valence-electron chi connectivity index (χ1n) is 5.12. The second-order valence-corrected chi connectivity index (χ2v) is 4.08. The van der Waals surface area contributed by atoms with Crippen LogP contribution in [-0.4, -0.2) is 44.9 Å². The number of aromatic nitrogens is 1. The monoisotopic (exact) mass is 256 g/mol. The van der Waals surface area contributed by atoms with Crippen LogP contribution >= 0.6 is 11.5 Å². The fourth-order valence-corrected chi connectivity index (χ4v) is 2.15. The molecule has 0 saturated heterocycles. The molecule has 0 aliphatic heterocycles. The third-order valence-corrected chi connectivity index (χ3v) is 3.15. The number of ether oxygens (including phenoxy) is 2. The maximum atomic E-state index is 9.04. The van der Waals surface area contributed by atoms with Crippen molar-refractivity contribution >= 4 is 22.4 Å². The van der Waals surface area contributed by atoms with E-state index in [4.69, 9.17) is 20.5 Å². The number of nitrogen functional groups attached to an aromatic ring is 1. The molecule has 0 radical (unpaired) electrons. The SMILES string of the molecule is COCCN(CCOC)c1snc(N)c1C#N. The second-order valence-electron chi connectivity index (χ2n) is 3.33. The van der Waals surface area contributed by atoms with E-state index in [9.17, 15) is 0 Å². The van der Waals surface area contributed by atoms with E-state index in [1.54, 1.807) is 14.2 Å². The van der Waals surface area contributed by atoms with Crippen LogP contribution in [0, 0.1) is 11.3 Å². The molecule has 1 heterocycles. The lowest BCUT2D eigenvalue weighted by Crippen LogP contribution is -2.30. The van der Waals surface area contributed by atoms with E-state index in [-0.39, 0.29) is 5.82 Å². The summed E-state index contributed by atoms with van der Waals surface area (Å²) in [6, 6.07) is 2.08. The molecule has 1 rings (SSSR count). The number of hydrogen-bond acceptors (Lipinski definition) is 7. The van der Waals surface area contributed by atoms with Gasteiger partial charge in [-0.25, -0.2) is 0 Å². The van der Waals surface area contributed by atoms with Gasteiger partial charge in [0, 0.05) is 27.3 Å². The Hall–Kier alpha value is -1.36. The molecule has 0 atom stereocenters. The standard InChI is InChI=1S/C10H16N4O2S/c1-15-5-3-14(4-6-16-2)10-8(7-11)9(12)13-17-10/h3-6H2,1-2H3,(H2,12,13). The van der Waals surface area contributed by atoms with Crippen LogP contribution in [0.2, 0.25) is 0 Å². The highest BCUT2D eigenvalue weighted by atomic mass is 32.1. The average molecular weight is 256 g/mol. The Morgan fingerprint density at radius 3 is 2.41 bits per heavy atom. The third kappa shape index (κ3) is 3.56. The fraction of sp³-hybridized carbons (Fsp3) is 0.600. The van der Waals surface area contributed by atoms with Gasteiger partial charge in [0.15, 0.2) is 5.82 Å². The lowest BCUT2D eigenvalue weighted by Gasteiger charge is -2.22. The Kier molecular flexibility index (Phi) is 5.69. The molecule has 0 fully saturated rings. The van der Waals surface area contributed by atoms with E-state index in [0.29, 0.717) is 31.9 Å². The number of methoxy groups -OCH3 is 2. The molecule has 94 valence electrons. The van der Waals surface area contributed by atoms with Crippen LogP contribution in [-0.2, 0) is 9.47 Å². The lowest BCUT2D eigenvalue weighted by atomic mass is 10.3. The largest absolute Gasteiger partial charge is 0.383 e. The Bertz CT molecular complexity index is 380. The first kappa shape index (κ1) is 13.7. The van der Waals surface area contributed by atoms with Gasteiger partial charge in [0.05, 0.1) is 13.2 Å². The molecule has 0 saturated carbocycles. The van der Waals surface area contributed by atoms with Gasteiger partial charge < -0.3 is 20.1 Å². The minimum atomic E-state index is 0.285. The highest BCUT2D eigenvalue weighted by Crippen LogP contribution is 2.29. The summed E-state index contributed by atoms with van der Waals surface area (Å²) in [5, 5.41) is 9.81. The van der Waals surface area contributed by atoms with E-state index >= 15 is 0 Å². The van der Waals surface area contributed by atoms with Crippen LogP contribution in [0.1, 0.15) is 5.56 Å². The van der Waals surface area contributed by atoms with Crippen LogP contribution in [0.5, 0.6) is 0 Å². The number of nitrogens with zero attached hydrogens (tertiary/aromatic N) is 3. The van der Waals surface area contributed by atoms with Crippen molar-refractivity contribution in [3.8, 4) is 6.07 Å². The maximum absolute atomic E-state index is 9.04. The molecule has 1 aromatic heterocycles. The van der Waals surface area contributed by atoms with Crippen molar-refractivity contribution < 1.29 is 9.47 Å². The zero-order valence-corrected chi connectivity index (χ0v) is 10.8. The summed E-state index contributed by atoms with van der Waals surface area (Å²) < 4.78 is 14.1. The van der Waals surface area contributed by atoms with E-state index in [1.807, 2.05) is 4.90 Å². The topological polar surface area (TPSA) is 84.4 Å². The van der Waals surface area contributed by atoms with Gasteiger partial charge >= 0.3 is 0 Å². The summed E-state index contributed by atoms with van der Waals surface area (Å²) in [6.07, 6.45) is 0. The second kappa shape index (κ2) is 7.06. The summed E-state index contributed by atoms with van der Waals surface area (Å²) in [5.41, 5.74) is 6.07. The molecule has 0 aliphatic rings. The van der Waals surface area contributed by atoms with Gasteiger partial charge in [-0.15, -0.1) is 0 Å². The summed E-state index contributed by atoms with van der Waals surface area (Å²) in [7, 11) is 3.28. The third-order valence-electron chi connectivity index (χ3n) is 2.23. The molecule has 0 spiro atoms. The van der Waals surface area contributed by atoms with Crippen molar-refractivity contribution in [1.82, 2.24) is 4.37 Å². The normalized spacial score (nSPS) is 10.2. The fourth-order valence-electron chi connectivity index (χ4n) is 1.33. The molecular formula is C10H16N4O2S. The molecule has 0 aromatic carbocycles. The minimum Gasteiger partial charge on any atom is -0.383 e. The molecule has 0 unspecified atom stereocenters. The minimum absolute atomic E-state index is 0.285. The van der Waals surface area contributed by atoms with Gasteiger partial charge in [0.1, 0.15) is 16.6 Å². The van der Waals surface area contributed by atoms with Crippen molar-refractivity contribution in [2.45, 2.75) is 0 Å². The van der Waals surface area contributed by atoms with Gasteiger partial charge in [0.25, 0.3) is 0 Å². The van der Waals surface area contributed by atoms with Crippen LogP contribution < -0.4 is 10.6 Å². The summed E-state index contributed by atoms with van der Waals surface area (Å²) >= 11 is 1.23. The van der Waals surface area contributed by atoms with E-state index in [0.717, 1.165) is 5.00 Å². The Morgan fingerprint density at radius 1 is 1.35 bits per heavy atom. The quantitative estimate of drug-likeness (QED) is 0.773. The number of nitrogens with two attached hydrogens (primary N) is 1. The number of anilines is 2. The Balaban J connectivity index is 2.83. The van der Waals surface area contributed by atoms with E-state index < -0.39 is 0 Å². The van der Waals surface area contributed by atoms with Crippen molar-refractivity contribution in [1.29, 1.82) is 5.26 Å². The van der Waals surface area contributed by atoms with Crippen molar-refractivity contribution in [2.24, 2.45) is 0 Å². The number of rotatable bonds is 7. The van der Waals surface area contributed by atoms with Crippen molar-refractivity contribution in [2.75, 3.05) is 51.2 Å². The molecule has 2 N–H and O–H groups in total. The van der Waals surface area contributed by atoms with E-state index in [1.165, 1.54) is 11.5 Å². The summed E-state index contributed by atoms with van der Waals surface area (Å²) in [4.78, 5) is 2.00. The Morgan fingerprint density at radius 2 is 1.94 bits per heavy atom. The first-order chi connectivity index (χ1) is 8.24. The number of hydrogen-bond donors (Lipinski definition) is 1. The first-order valence-corrected chi connectivity index (χ1v) is 5.90. The van der Waals surface area contributed by atoms with Gasteiger partial charge in [0.2, 0.25) is 0 Å². The highest BCUT2D eigenvalue weighted by molar-refractivity contribution is 7.10. The molecule has 0 bridgehead atoms. The molecule has 1 aromatic rings.